The zero-order valence-electron chi connectivity index (χ0n) is 10.1. The van der Waals surface area contributed by atoms with Crippen molar-refractivity contribution in [3.63, 3.8) is 0 Å². The van der Waals surface area contributed by atoms with Gasteiger partial charge in [0, 0.05) is 26.8 Å². The van der Waals surface area contributed by atoms with E-state index in [4.69, 9.17) is 14.6 Å². The van der Waals surface area contributed by atoms with Crippen molar-refractivity contribution in [3.05, 3.63) is 0 Å². The molecule has 1 saturated heterocycles. The first-order valence-corrected chi connectivity index (χ1v) is 5.67. The molecule has 0 bridgehead atoms. The van der Waals surface area contributed by atoms with Gasteiger partial charge in [-0.05, 0) is 19.8 Å². The summed E-state index contributed by atoms with van der Waals surface area (Å²) < 4.78 is 10.4. The first-order chi connectivity index (χ1) is 7.64. The van der Waals surface area contributed by atoms with Gasteiger partial charge in [0.2, 0.25) is 0 Å². The third-order valence-corrected chi connectivity index (χ3v) is 2.89. The van der Waals surface area contributed by atoms with Crippen molar-refractivity contribution in [1.29, 1.82) is 0 Å². The van der Waals surface area contributed by atoms with Gasteiger partial charge in [0.15, 0.2) is 0 Å². The van der Waals surface area contributed by atoms with E-state index in [1.54, 1.807) is 12.0 Å². The summed E-state index contributed by atoms with van der Waals surface area (Å²) in [6.45, 7) is 3.72. The zero-order chi connectivity index (χ0) is 12.0. The largest absolute Gasteiger partial charge is 0.395 e. The molecule has 5 heteroatoms. The third-order valence-electron chi connectivity index (χ3n) is 2.89. The van der Waals surface area contributed by atoms with E-state index >= 15 is 0 Å². The fourth-order valence-electron chi connectivity index (χ4n) is 1.92. The van der Waals surface area contributed by atoms with Gasteiger partial charge < -0.3 is 19.5 Å². The second-order valence-corrected chi connectivity index (χ2v) is 4.19. The lowest BCUT2D eigenvalue weighted by Crippen LogP contribution is -2.48. The Morgan fingerprint density at radius 2 is 2.31 bits per heavy atom. The summed E-state index contributed by atoms with van der Waals surface area (Å²) in [7, 11) is 1.59. The number of aliphatic hydroxyl groups excluding tert-OH is 1. The molecule has 1 aliphatic rings. The van der Waals surface area contributed by atoms with Crippen LogP contribution >= 0.6 is 0 Å². The van der Waals surface area contributed by atoms with Gasteiger partial charge in [0.05, 0.1) is 13.2 Å². The van der Waals surface area contributed by atoms with Crippen LogP contribution in [0.15, 0.2) is 0 Å². The molecule has 1 amide bonds. The summed E-state index contributed by atoms with van der Waals surface area (Å²) in [6.07, 6.45) is 1.67. The quantitative estimate of drug-likeness (QED) is 0.700. The average molecular weight is 231 g/mol. The number of carbonyl (C=O) groups excluding carboxylic acids is 1. The predicted octanol–water partition coefficient (Wildman–Crippen LogP) is 0.0228. The Bertz CT molecular complexity index is 226. The second-order valence-electron chi connectivity index (χ2n) is 4.19. The van der Waals surface area contributed by atoms with E-state index in [1.165, 1.54) is 0 Å². The molecule has 0 aromatic rings. The lowest BCUT2D eigenvalue weighted by atomic mass is 10.0. The third kappa shape index (κ3) is 3.17. The average Bonchev–Trinajstić information content (AvgIpc) is 2.72. The van der Waals surface area contributed by atoms with Crippen molar-refractivity contribution in [3.8, 4) is 0 Å². The first-order valence-electron chi connectivity index (χ1n) is 5.67. The number of methoxy groups -OCH3 is 1. The molecule has 0 aliphatic carbocycles. The van der Waals surface area contributed by atoms with Crippen LogP contribution in [0, 0.1) is 0 Å². The maximum absolute atomic E-state index is 12.2. The normalized spacial score (nSPS) is 24.7. The number of hydrogen-bond donors (Lipinski definition) is 1. The van der Waals surface area contributed by atoms with E-state index < -0.39 is 5.60 Å². The summed E-state index contributed by atoms with van der Waals surface area (Å²) in [5.74, 6) is -0.0453. The topological polar surface area (TPSA) is 59.0 Å². The van der Waals surface area contributed by atoms with Gasteiger partial charge in [-0.1, -0.05) is 0 Å². The second kappa shape index (κ2) is 6.18. The van der Waals surface area contributed by atoms with Gasteiger partial charge in [-0.25, -0.2) is 0 Å². The van der Waals surface area contributed by atoms with E-state index in [-0.39, 0.29) is 12.5 Å². The van der Waals surface area contributed by atoms with Crippen LogP contribution in [0.3, 0.4) is 0 Å². The Labute approximate surface area is 96.3 Å². The number of rotatable bonds is 6. The first kappa shape index (κ1) is 13.4. The van der Waals surface area contributed by atoms with E-state index in [0.717, 1.165) is 12.8 Å². The summed E-state index contributed by atoms with van der Waals surface area (Å²) in [4.78, 5) is 13.8. The number of carbonyl (C=O) groups is 1. The van der Waals surface area contributed by atoms with Crippen LogP contribution in [0.25, 0.3) is 0 Å². The predicted molar refractivity (Wildman–Crippen MR) is 59.1 cm³/mol. The number of nitrogens with zero attached hydrogens (tertiary/aromatic N) is 1. The van der Waals surface area contributed by atoms with Gasteiger partial charge in [0.1, 0.15) is 5.60 Å². The standard InChI is InChI=1S/C11H21NO4/c1-11(4-3-8-16-11)10(14)12(5-7-13)6-9-15-2/h13H,3-9H2,1-2H3. The molecule has 16 heavy (non-hydrogen) atoms. The van der Waals surface area contributed by atoms with Crippen LogP contribution in [0.1, 0.15) is 19.8 Å². The lowest BCUT2D eigenvalue weighted by Gasteiger charge is -2.30. The zero-order valence-corrected chi connectivity index (χ0v) is 10.1. The molecule has 1 fully saturated rings. The number of hydrogen-bond acceptors (Lipinski definition) is 4. The van der Waals surface area contributed by atoms with E-state index in [9.17, 15) is 4.79 Å². The van der Waals surface area contributed by atoms with Crippen molar-refractivity contribution in [2.45, 2.75) is 25.4 Å². The molecule has 0 spiro atoms. The van der Waals surface area contributed by atoms with Crippen molar-refractivity contribution >= 4 is 5.91 Å². The fourth-order valence-corrected chi connectivity index (χ4v) is 1.92. The molecule has 1 heterocycles. The highest BCUT2D eigenvalue weighted by atomic mass is 16.5. The molecule has 0 aromatic carbocycles. The summed E-state index contributed by atoms with van der Waals surface area (Å²) in [6, 6.07) is 0. The minimum absolute atomic E-state index is 0.0362. The van der Waals surface area contributed by atoms with Crippen LogP contribution in [0.2, 0.25) is 0 Å². The fraction of sp³-hybridized carbons (Fsp3) is 0.909. The minimum atomic E-state index is -0.705. The molecule has 1 aliphatic heterocycles. The van der Waals surface area contributed by atoms with Crippen LogP contribution in [0.5, 0.6) is 0 Å². The van der Waals surface area contributed by atoms with Crippen molar-refractivity contribution in [2.24, 2.45) is 0 Å². The highest BCUT2D eigenvalue weighted by Gasteiger charge is 2.40. The Morgan fingerprint density at radius 3 is 2.81 bits per heavy atom. The number of aliphatic hydroxyl groups is 1. The summed E-state index contributed by atoms with van der Waals surface area (Å²) in [5.41, 5.74) is -0.705. The van der Waals surface area contributed by atoms with Crippen molar-refractivity contribution in [1.82, 2.24) is 4.90 Å². The van der Waals surface area contributed by atoms with Gasteiger partial charge in [-0.3, -0.25) is 4.79 Å². The number of amides is 1. The van der Waals surface area contributed by atoms with E-state index in [2.05, 4.69) is 0 Å². The molecule has 0 aromatic heterocycles. The summed E-state index contributed by atoms with van der Waals surface area (Å²) in [5, 5.41) is 8.94. The van der Waals surface area contributed by atoms with Gasteiger partial charge in [-0.15, -0.1) is 0 Å². The van der Waals surface area contributed by atoms with Crippen LogP contribution < -0.4 is 0 Å². The molecule has 0 radical (unpaired) electrons. The Kier molecular flexibility index (Phi) is 5.18. The molecule has 1 unspecified atom stereocenters. The van der Waals surface area contributed by atoms with Crippen molar-refractivity contribution < 1.29 is 19.4 Å². The monoisotopic (exact) mass is 231 g/mol. The molecular weight excluding hydrogens is 210 g/mol. The lowest BCUT2D eigenvalue weighted by molar-refractivity contribution is -0.152. The Balaban J connectivity index is 2.58. The van der Waals surface area contributed by atoms with E-state index in [0.29, 0.717) is 26.3 Å². The SMILES string of the molecule is COCCN(CCO)C(=O)C1(C)CCCO1. The minimum Gasteiger partial charge on any atom is -0.395 e. The Hall–Kier alpha value is -0.650. The highest BCUT2D eigenvalue weighted by Crippen LogP contribution is 2.27. The Morgan fingerprint density at radius 1 is 1.56 bits per heavy atom. The maximum atomic E-state index is 12.2. The molecule has 1 rings (SSSR count). The smallest absolute Gasteiger partial charge is 0.254 e. The van der Waals surface area contributed by atoms with Gasteiger partial charge >= 0.3 is 0 Å². The maximum Gasteiger partial charge on any atom is 0.254 e. The molecule has 94 valence electrons. The number of ether oxygens (including phenoxy) is 2. The molecule has 5 nitrogen and oxygen atoms in total. The molecule has 1 atom stereocenters. The highest BCUT2D eigenvalue weighted by molar-refractivity contribution is 5.85. The van der Waals surface area contributed by atoms with Gasteiger partial charge in [0.25, 0.3) is 5.91 Å². The van der Waals surface area contributed by atoms with Crippen LogP contribution in [-0.4, -0.2) is 61.5 Å². The van der Waals surface area contributed by atoms with Crippen LogP contribution in [-0.2, 0) is 14.3 Å². The molecule has 0 saturated carbocycles. The van der Waals surface area contributed by atoms with Gasteiger partial charge in [-0.2, -0.15) is 0 Å². The molecule has 1 N–H and O–H groups in total. The summed E-state index contributed by atoms with van der Waals surface area (Å²) >= 11 is 0. The van der Waals surface area contributed by atoms with Crippen LogP contribution in [0.4, 0.5) is 0 Å². The van der Waals surface area contributed by atoms with Crippen molar-refractivity contribution in [2.75, 3.05) is 40.0 Å². The van der Waals surface area contributed by atoms with E-state index in [1.807, 2.05) is 6.92 Å². The molecular formula is C11H21NO4.